The molecular weight excluding hydrogens is 426 g/mol. The normalized spacial score (nSPS) is 18.1. The zero-order valence-corrected chi connectivity index (χ0v) is 17.6. The van der Waals surface area contributed by atoms with Gasteiger partial charge < -0.3 is 9.84 Å². The number of carbonyl (C=O) groups excluding carboxylic acids is 2. The molecule has 30 heavy (non-hydrogen) atoms. The second-order valence-corrected chi connectivity index (χ2v) is 8.12. The molecule has 0 radical (unpaired) electrons. The summed E-state index contributed by atoms with van der Waals surface area (Å²) in [5.74, 6) is -1.66. The molecule has 4 rings (SSSR count). The maximum atomic E-state index is 13.1. The van der Waals surface area contributed by atoms with Crippen LogP contribution in [0.2, 0.25) is 5.02 Å². The molecule has 152 valence electrons. The van der Waals surface area contributed by atoms with Crippen molar-refractivity contribution in [3.8, 4) is 5.75 Å². The highest BCUT2D eigenvalue weighted by Crippen LogP contribution is 2.44. The molecule has 0 unspecified atom stereocenters. The number of ether oxygens (including phenoxy) is 1. The SMILES string of the molecule is COc1ccc(Cl)cc1C(O)=C1C(=O)C(=O)N(c2nnc(C)s2)[C@@H]1c1ccccc1. The van der Waals surface area contributed by atoms with Crippen LogP contribution in [0.4, 0.5) is 5.13 Å². The van der Waals surface area contributed by atoms with Gasteiger partial charge in [-0.25, -0.2) is 0 Å². The molecular formula is C21H16ClN3O4S. The number of benzene rings is 2. The summed E-state index contributed by atoms with van der Waals surface area (Å²) in [4.78, 5) is 27.3. The lowest BCUT2D eigenvalue weighted by atomic mass is 9.95. The fourth-order valence-electron chi connectivity index (χ4n) is 3.37. The van der Waals surface area contributed by atoms with Crippen LogP contribution in [0.25, 0.3) is 5.76 Å². The first kappa shape index (κ1) is 20.1. The predicted molar refractivity (Wildman–Crippen MR) is 114 cm³/mol. The van der Waals surface area contributed by atoms with Crippen molar-refractivity contribution < 1.29 is 19.4 Å². The lowest BCUT2D eigenvalue weighted by Gasteiger charge is -2.22. The molecule has 7 nitrogen and oxygen atoms in total. The van der Waals surface area contributed by atoms with E-state index in [2.05, 4.69) is 10.2 Å². The maximum absolute atomic E-state index is 13.1. The van der Waals surface area contributed by atoms with Crippen LogP contribution in [0.5, 0.6) is 5.75 Å². The first-order valence-electron chi connectivity index (χ1n) is 8.92. The van der Waals surface area contributed by atoms with Gasteiger partial charge in [0.15, 0.2) is 0 Å². The molecule has 1 saturated heterocycles. The number of aromatic nitrogens is 2. The highest BCUT2D eigenvalue weighted by atomic mass is 35.5. The molecule has 0 saturated carbocycles. The number of aliphatic hydroxyl groups excluding tert-OH is 1. The number of carbonyl (C=O) groups is 2. The van der Waals surface area contributed by atoms with Gasteiger partial charge in [-0.1, -0.05) is 53.3 Å². The van der Waals surface area contributed by atoms with Gasteiger partial charge in [0.05, 0.1) is 24.3 Å². The molecule has 0 spiro atoms. The van der Waals surface area contributed by atoms with Gasteiger partial charge in [-0.2, -0.15) is 0 Å². The van der Waals surface area contributed by atoms with E-state index in [0.717, 1.165) is 0 Å². The number of rotatable bonds is 4. The number of ketones is 1. The third kappa shape index (κ3) is 3.34. The number of amides is 1. The summed E-state index contributed by atoms with van der Waals surface area (Å²) in [6, 6.07) is 12.8. The van der Waals surface area contributed by atoms with Gasteiger partial charge in [-0.3, -0.25) is 14.5 Å². The topological polar surface area (TPSA) is 92.6 Å². The van der Waals surface area contributed by atoms with E-state index >= 15 is 0 Å². The van der Waals surface area contributed by atoms with Crippen molar-refractivity contribution in [3.05, 3.63) is 75.3 Å². The molecule has 1 aliphatic heterocycles. The molecule has 1 aromatic heterocycles. The Kier molecular flexibility index (Phi) is 5.27. The Labute approximate surface area is 181 Å². The van der Waals surface area contributed by atoms with Crippen LogP contribution in [-0.2, 0) is 9.59 Å². The lowest BCUT2D eigenvalue weighted by molar-refractivity contribution is -0.132. The van der Waals surface area contributed by atoms with Gasteiger partial charge in [0.1, 0.15) is 16.5 Å². The molecule has 1 atom stereocenters. The van der Waals surface area contributed by atoms with Crippen molar-refractivity contribution in [2.24, 2.45) is 0 Å². The first-order valence-corrected chi connectivity index (χ1v) is 10.1. The molecule has 1 aliphatic rings. The average Bonchev–Trinajstić information content (AvgIpc) is 3.29. The van der Waals surface area contributed by atoms with Crippen molar-refractivity contribution in [1.29, 1.82) is 0 Å². The third-order valence-corrected chi connectivity index (χ3v) is 5.77. The number of halogens is 1. The highest BCUT2D eigenvalue weighted by molar-refractivity contribution is 7.15. The van der Waals surface area contributed by atoms with Gasteiger partial charge >= 0.3 is 5.91 Å². The Morgan fingerprint density at radius 1 is 1.17 bits per heavy atom. The molecule has 0 bridgehead atoms. The Hall–Kier alpha value is -3.23. The van der Waals surface area contributed by atoms with Crippen molar-refractivity contribution in [1.82, 2.24) is 10.2 Å². The second-order valence-electron chi connectivity index (χ2n) is 6.53. The third-order valence-electron chi connectivity index (χ3n) is 4.70. The molecule has 1 fully saturated rings. The highest BCUT2D eigenvalue weighted by Gasteiger charge is 2.48. The number of hydrogen-bond acceptors (Lipinski definition) is 7. The summed E-state index contributed by atoms with van der Waals surface area (Å²) >= 11 is 7.29. The van der Waals surface area contributed by atoms with Crippen LogP contribution in [0, 0.1) is 6.92 Å². The number of methoxy groups -OCH3 is 1. The number of aryl methyl sites for hydroxylation is 1. The average molecular weight is 442 g/mol. The van der Waals surface area contributed by atoms with E-state index in [1.54, 1.807) is 43.3 Å². The van der Waals surface area contributed by atoms with E-state index in [1.165, 1.54) is 29.4 Å². The standard InChI is InChI=1S/C21H16ClN3O4S/c1-11-23-24-21(30-11)25-17(12-6-4-3-5-7-12)16(19(27)20(25)28)18(26)14-10-13(22)8-9-15(14)29-2/h3-10,17,26H,1-2H3/t17-/m1/s1. The van der Waals surface area contributed by atoms with Crippen molar-refractivity contribution >= 4 is 45.5 Å². The summed E-state index contributed by atoms with van der Waals surface area (Å²) in [5.41, 5.74) is 0.795. The Morgan fingerprint density at radius 3 is 2.53 bits per heavy atom. The molecule has 2 heterocycles. The van der Waals surface area contributed by atoms with E-state index in [1.807, 2.05) is 6.07 Å². The molecule has 3 aromatic rings. The van der Waals surface area contributed by atoms with E-state index in [-0.39, 0.29) is 22.0 Å². The Balaban J connectivity index is 1.98. The van der Waals surface area contributed by atoms with Gasteiger partial charge in [-0.05, 0) is 30.7 Å². The molecule has 0 aliphatic carbocycles. The molecule has 9 heteroatoms. The summed E-state index contributed by atoms with van der Waals surface area (Å²) in [6.07, 6.45) is 0. The molecule has 1 N–H and O–H groups in total. The quantitative estimate of drug-likeness (QED) is 0.371. The fourth-order valence-corrected chi connectivity index (χ4v) is 4.26. The predicted octanol–water partition coefficient (Wildman–Crippen LogP) is 4.13. The van der Waals surface area contributed by atoms with Crippen molar-refractivity contribution in [3.63, 3.8) is 0 Å². The minimum absolute atomic E-state index is 0.0698. The smallest absolute Gasteiger partial charge is 0.301 e. The molecule has 1 amide bonds. The summed E-state index contributed by atoms with van der Waals surface area (Å²) < 4.78 is 5.32. The number of aliphatic hydroxyl groups is 1. The number of nitrogens with zero attached hydrogens (tertiary/aromatic N) is 3. The Morgan fingerprint density at radius 2 is 1.90 bits per heavy atom. The van der Waals surface area contributed by atoms with Crippen LogP contribution in [0.15, 0.2) is 54.1 Å². The number of hydrogen-bond donors (Lipinski definition) is 1. The largest absolute Gasteiger partial charge is 0.507 e. The maximum Gasteiger partial charge on any atom is 0.301 e. The van der Waals surface area contributed by atoms with Gasteiger partial charge in [0.2, 0.25) is 5.13 Å². The van der Waals surface area contributed by atoms with E-state index in [0.29, 0.717) is 21.3 Å². The summed E-state index contributed by atoms with van der Waals surface area (Å²) in [6.45, 7) is 1.76. The Bertz CT molecular complexity index is 1180. The van der Waals surface area contributed by atoms with E-state index < -0.39 is 17.7 Å². The fraction of sp³-hybridized carbons (Fsp3) is 0.143. The number of Topliss-reactive ketones (excluding diaryl/α,β-unsaturated/α-hetero) is 1. The minimum Gasteiger partial charge on any atom is -0.507 e. The van der Waals surface area contributed by atoms with E-state index in [4.69, 9.17) is 16.3 Å². The summed E-state index contributed by atoms with van der Waals surface area (Å²) in [5, 5.41) is 20.4. The van der Waals surface area contributed by atoms with Gasteiger partial charge in [-0.15, -0.1) is 10.2 Å². The zero-order chi connectivity index (χ0) is 21.4. The minimum atomic E-state index is -0.873. The number of anilines is 1. The van der Waals surface area contributed by atoms with Crippen LogP contribution in [0.3, 0.4) is 0 Å². The van der Waals surface area contributed by atoms with Crippen molar-refractivity contribution in [2.45, 2.75) is 13.0 Å². The van der Waals surface area contributed by atoms with Crippen LogP contribution >= 0.6 is 22.9 Å². The molecule has 2 aromatic carbocycles. The van der Waals surface area contributed by atoms with Crippen LogP contribution in [0.1, 0.15) is 22.2 Å². The summed E-state index contributed by atoms with van der Waals surface area (Å²) in [7, 11) is 1.44. The van der Waals surface area contributed by atoms with Crippen LogP contribution in [-0.4, -0.2) is 34.1 Å². The first-order chi connectivity index (χ1) is 14.4. The van der Waals surface area contributed by atoms with Crippen molar-refractivity contribution in [2.75, 3.05) is 12.0 Å². The lowest BCUT2D eigenvalue weighted by Crippen LogP contribution is -2.29. The van der Waals surface area contributed by atoms with Gasteiger partial charge in [0.25, 0.3) is 5.78 Å². The second kappa shape index (κ2) is 7.89. The zero-order valence-electron chi connectivity index (χ0n) is 16.0. The monoisotopic (exact) mass is 441 g/mol. The van der Waals surface area contributed by atoms with Crippen LogP contribution < -0.4 is 9.64 Å². The van der Waals surface area contributed by atoms with E-state index in [9.17, 15) is 14.7 Å². The van der Waals surface area contributed by atoms with Gasteiger partial charge in [0, 0.05) is 5.02 Å².